The lowest BCUT2D eigenvalue weighted by Crippen LogP contribution is -2.40. The van der Waals surface area contributed by atoms with E-state index in [-0.39, 0.29) is 18.8 Å². The number of hydrogen-bond donors (Lipinski definition) is 0. The summed E-state index contributed by atoms with van der Waals surface area (Å²) in [5.41, 5.74) is 3.68. The van der Waals surface area contributed by atoms with Gasteiger partial charge in [-0.25, -0.2) is 9.79 Å². The molecule has 0 unspecified atom stereocenters. The van der Waals surface area contributed by atoms with Gasteiger partial charge in [-0.3, -0.25) is 9.36 Å². The number of carbonyl (C=O) groups excluding carboxylic acids is 1. The van der Waals surface area contributed by atoms with Crippen LogP contribution < -0.4 is 24.4 Å². The van der Waals surface area contributed by atoms with Crippen molar-refractivity contribution in [2.75, 3.05) is 20.0 Å². The van der Waals surface area contributed by atoms with Crippen molar-refractivity contribution in [1.82, 2.24) is 4.57 Å². The van der Waals surface area contributed by atoms with Crippen molar-refractivity contribution in [2.24, 2.45) is 4.99 Å². The lowest BCUT2D eigenvalue weighted by Gasteiger charge is -2.26. The highest BCUT2D eigenvalue weighted by Gasteiger charge is 2.35. The second-order valence-corrected chi connectivity index (χ2v) is 14.1. The normalized spacial score (nSPS) is 14.4. The smallest absolute Gasteiger partial charge is 0.338 e. The molecule has 1 atom stereocenters. The molecule has 244 valence electrons. The van der Waals surface area contributed by atoms with Crippen LogP contribution in [0.25, 0.3) is 11.8 Å². The molecule has 0 saturated heterocycles. The van der Waals surface area contributed by atoms with Crippen molar-refractivity contribution in [1.29, 1.82) is 0 Å². The van der Waals surface area contributed by atoms with Gasteiger partial charge in [0.15, 0.2) is 16.3 Å². The lowest BCUT2D eigenvalue weighted by molar-refractivity contribution is -0.138. The van der Waals surface area contributed by atoms with Gasteiger partial charge in [0.25, 0.3) is 5.56 Å². The molecule has 0 N–H and O–H groups in total. The third kappa shape index (κ3) is 6.98. The minimum atomic E-state index is -0.746. The van der Waals surface area contributed by atoms with Crippen LogP contribution in [0.15, 0.2) is 111 Å². The van der Waals surface area contributed by atoms with Crippen LogP contribution in [0.3, 0.4) is 0 Å². The van der Waals surface area contributed by atoms with Crippen molar-refractivity contribution in [3.05, 3.63) is 147 Å². The number of aromatic nitrogens is 1. The van der Waals surface area contributed by atoms with Gasteiger partial charge in [-0.15, -0.1) is 11.8 Å². The summed E-state index contributed by atoms with van der Waals surface area (Å²) in [5, 5.41) is 0.624. The van der Waals surface area contributed by atoms with Gasteiger partial charge in [-0.05, 0) is 83.3 Å². The minimum absolute atomic E-state index is 0.186. The molecule has 2 heterocycles. The Balaban J connectivity index is 1.50. The zero-order valence-electron chi connectivity index (χ0n) is 26.2. The first-order chi connectivity index (χ1) is 23.3. The van der Waals surface area contributed by atoms with E-state index in [1.165, 1.54) is 11.3 Å². The second kappa shape index (κ2) is 15.1. The fourth-order valence-corrected chi connectivity index (χ4v) is 7.80. The molecule has 1 aliphatic heterocycles. The monoisotopic (exact) mass is 808 g/mol. The number of hydrogen-bond acceptors (Lipinski definition) is 8. The Morgan fingerprint density at radius 1 is 1.06 bits per heavy atom. The van der Waals surface area contributed by atoms with Gasteiger partial charge in [0, 0.05) is 21.0 Å². The van der Waals surface area contributed by atoms with Gasteiger partial charge in [-0.1, -0.05) is 83.6 Å². The highest BCUT2D eigenvalue weighted by molar-refractivity contribution is 14.1. The lowest BCUT2D eigenvalue weighted by atomic mass is 9.93. The number of halogens is 2. The van der Waals surface area contributed by atoms with E-state index >= 15 is 0 Å². The van der Waals surface area contributed by atoms with Crippen LogP contribution >= 0.6 is 57.3 Å². The molecule has 0 fully saturated rings. The summed E-state index contributed by atoms with van der Waals surface area (Å²) in [6, 6.07) is 27.9. The quantitative estimate of drug-likeness (QED) is 0.0827. The van der Waals surface area contributed by atoms with E-state index in [4.69, 9.17) is 30.8 Å². The molecule has 1 aliphatic rings. The van der Waals surface area contributed by atoms with Crippen LogP contribution in [-0.4, -0.2) is 30.5 Å². The zero-order valence-corrected chi connectivity index (χ0v) is 30.8. The van der Waals surface area contributed by atoms with Crippen LogP contribution in [-0.2, 0) is 16.1 Å². The molecule has 0 spiro atoms. The number of fused-ring (bicyclic) bond motifs is 1. The zero-order chi connectivity index (χ0) is 33.8. The Morgan fingerprint density at radius 2 is 1.79 bits per heavy atom. The van der Waals surface area contributed by atoms with Crippen molar-refractivity contribution >= 4 is 75.0 Å². The van der Waals surface area contributed by atoms with Crippen molar-refractivity contribution in [3.63, 3.8) is 0 Å². The van der Waals surface area contributed by atoms with Crippen molar-refractivity contribution in [3.8, 4) is 11.5 Å². The summed E-state index contributed by atoms with van der Waals surface area (Å²) in [6.45, 7) is 2.22. The summed E-state index contributed by atoms with van der Waals surface area (Å²) in [4.78, 5) is 34.5. The summed E-state index contributed by atoms with van der Waals surface area (Å²) in [6.07, 6.45) is 3.82. The molecule has 6 rings (SSSR count). The van der Waals surface area contributed by atoms with Crippen molar-refractivity contribution < 1.29 is 19.0 Å². The van der Waals surface area contributed by atoms with E-state index < -0.39 is 12.0 Å². The first-order valence-corrected chi connectivity index (χ1v) is 18.5. The number of thioether (sulfide) groups is 1. The van der Waals surface area contributed by atoms with Crippen LogP contribution in [0.4, 0.5) is 0 Å². The highest BCUT2D eigenvalue weighted by Crippen LogP contribution is 2.37. The maximum absolute atomic E-state index is 14.3. The van der Waals surface area contributed by atoms with Crippen LogP contribution in [0.1, 0.15) is 35.2 Å². The maximum Gasteiger partial charge on any atom is 0.338 e. The minimum Gasteiger partial charge on any atom is -0.493 e. The predicted octanol–water partition coefficient (Wildman–Crippen LogP) is 7.50. The van der Waals surface area contributed by atoms with E-state index in [2.05, 4.69) is 22.6 Å². The van der Waals surface area contributed by atoms with Gasteiger partial charge >= 0.3 is 5.97 Å². The first-order valence-electron chi connectivity index (χ1n) is 15.0. The van der Waals surface area contributed by atoms with Gasteiger partial charge in [-0.2, -0.15) is 0 Å². The van der Waals surface area contributed by atoms with Crippen molar-refractivity contribution in [2.45, 2.75) is 24.5 Å². The van der Waals surface area contributed by atoms with E-state index in [0.717, 1.165) is 30.7 Å². The summed E-state index contributed by atoms with van der Waals surface area (Å²) < 4.78 is 20.3. The molecule has 48 heavy (non-hydrogen) atoms. The number of thiazole rings is 1. The number of ether oxygens (including phenoxy) is 3. The Bertz CT molecular complexity index is 2200. The summed E-state index contributed by atoms with van der Waals surface area (Å²) in [5.74, 6) is 0.590. The van der Waals surface area contributed by atoms with E-state index in [9.17, 15) is 9.59 Å². The maximum atomic E-state index is 14.3. The number of rotatable bonds is 10. The summed E-state index contributed by atoms with van der Waals surface area (Å²) in [7, 11) is 1.58. The van der Waals surface area contributed by atoms with E-state index in [0.29, 0.717) is 37.1 Å². The van der Waals surface area contributed by atoms with Crippen LogP contribution in [0, 0.1) is 3.57 Å². The number of carbonyl (C=O) groups is 1. The SMILES string of the molecule is CCOC(=O)C1=C(c2ccccc2)N=c2s/c(=C\c3cc(I)c(OCc4ccccc4Cl)c(OC)c3)c(=O)n2[C@@H]1c1ccc(SC)cc1. The van der Waals surface area contributed by atoms with Gasteiger partial charge < -0.3 is 14.2 Å². The fourth-order valence-electron chi connectivity index (χ4n) is 5.42. The van der Waals surface area contributed by atoms with E-state index in [1.807, 2.05) is 103 Å². The standard InChI is InChI=1S/C37H30ClIN2O5S2/c1-4-45-36(43)31-32(23-10-6-5-7-11-23)40-37-41(33(31)24-14-16-26(47-3)17-15-24)35(42)30(48-37)20-22-18-28(39)34(29(19-22)44-2)46-21-25-12-8-9-13-27(25)38/h5-20,33H,4,21H2,1-3H3/b30-20-/t33-/m1/s1. The first kappa shape index (κ1) is 34.0. The molecule has 0 amide bonds. The summed E-state index contributed by atoms with van der Waals surface area (Å²) >= 11 is 11.4. The van der Waals surface area contributed by atoms with Gasteiger partial charge in [0.2, 0.25) is 0 Å². The molecule has 5 aromatic rings. The van der Waals surface area contributed by atoms with Gasteiger partial charge in [0.05, 0.1) is 39.1 Å². The second-order valence-electron chi connectivity index (χ2n) is 10.6. The molecule has 7 nitrogen and oxygen atoms in total. The molecular weight excluding hydrogens is 779 g/mol. The third-order valence-electron chi connectivity index (χ3n) is 7.68. The Kier molecular flexibility index (Phi) is 10.7. The topological polar surface area (TPSA) is 79.1 Å². The molecule has 0 radical (unpaired) electrons. The predicted molar refractivity (Wildman–Crippen MR) is 201 cm³/mol. The number of nitrogens with zero attached hydrogens (tertiary/aromatic N) is 2. The molecule has 11 heteroatoms. The number of methoxy groups -OCH3 is 1. The Hall–Kier alpha value is -3.84. The average molecular weight is 809 g/mol. The Morgan fingerprint density at radius 3 is 2.48 bits per heavy atom. The number of esters is 1. The molecule has 0 aliphatic carbocycles. The fraction of sp³-hybridized carbons (Fsp3) is 0.162. The molecule has 0 saturated carbocycles. The van der Waals surface area contributed by atoms with Crippen LogP contribution in [0.5, 0.6) is 11.5 Å². The molecule has 0 bridgehead atoms. The molecular formula is C37H30ClIN2O5S2. The molecule has 1 aromatic heterocycles. The third-order valence-corrected chi connectivity index (χ3v) is 10.6. The average Bonchev–Trinajstić information content (AvgIpc) is 3.41. The Labute approximate surface area is 304 Å². The van der Waals surface area contributed by atoms with Gasteiger partial charge in [0.1, 0.15) is 6.61 Å². The number of benzene rings is 4. The molecule has 4 aromatic carbocycles. The van der Waals surface area contributed by atoms with Crippen LogP contribution in [0.2, 0.25) is 5.02 Å². The largest absolute Gasteiger partial charge is 0.493 e. The van der Waals surface area contributed by atoms with E-state index in [1.54, 1.807) is 30.4 Å². The highest BCUT2D eigenvalue weighted by atomic mass is 127.